The maximum Gasteiger partial charge on any atom is 0.157 e. The SMILES string of the molecule is CCC(CC)c1ccc(C)nc1-n1ccc(C)n1. The maximum absolute atomic E-state index is 4.67. The Kier molecular flexibility index (Phi) is 3.80. The van der Waals surface area contributed by atoms with E-state index in [2.05, 4.69) is 36.1 Å². The Hall–Kier alpha value is -1.64. The molecule has 0 amide bonds. The number of pyridine rings is 1. The smallest absolute Gasteiger partial charge is 0.157 e. The molecular formula is C15H21N3. The van der Waals surface area contributed by atoms with Gasteiger partial charge in [0.1, 0.15) is 0 Å². The van der Waals surface area contributed by atoms with Crippen molar-refractivity contribution in [3.05, 3.63) is 41.3 Å². The molecule has 0 aliphatic carbocycles. The predicted molar refractivity (Wildman–Crippen MR) is 74.2 cm³/mol. The molecule has 2 aromatic rings. The number of aryl methyl sites for hydroxylation is 2. The molecule has 3 heteroatoms. The second kappa shape index (κ2) is 5.34. The molecule has 2 rings (SSSR count). The Bertz CT molecular complexity index is 524. The van der Waals surface area contributed by atoms with E-state index in [1.807, 2.05) is 30.8 Å². The summed E-state index contributed by atoms with van der Waals surface area (Å²) in [4.78, 5) is 4.67. The maximum atomic E-state index is 4.67. The van der Waals surface area contributed by atoms with Crippen molar-refractivity contribution in [1.82, 2.24) is 14.8 Å². The van der Waals surface area contributed by atoms with Gasteiger partial charge in [-0.3, -0.25) is 0 Å². The van der Waals surface area contributed by atoms with Gasteiger partial charge in [0.05, 0.1) is 5.69 Å². The molecular weight excluding hydrogens is 222 g/mol. The number of hydrogen-bond acceptors (Lipinski definition) is 2. The molecule has 0 spiro atoms. The summed E-state index contributed by atoms with van der Waals surface area (Å²) in [6, 6.07) is 6.31. The molecule has 0 saturated carbocycles. The average molecular weight is 243 g/mol. The van der Waals surface area contributed by atoms with Crippen LogP contribution >= 0.6 is 0 Å². The van der Waals surface area contributed by atoms with E-state index in [0.717, 1.165) is 30.0 Å². The summed E-state index contributed by atoms with van der Waals surface area (Å²) in [5.41, 5.74) is 3.36. The summed E-state index contributed by atoms with van der Waals surface area (Å²) in [7, 11) is 0. The van der Waals surface area contributed by atoms with Crippen LogP contribution in [0.5, 0.6) is 0 Å². The molecule has 0 unspecified atom stereocenters. The lowest BCUT2D eigenvalue weighted by molar-refractivity contribution is 0.628. The zero-order valence-corrected chi connectivity index (χ0v) is 11.6. The van der Waals surface area contributed by atoms with Gasteiger partial charge < -0.3 is 0 Å². The lowest BCUT2D eigenvalue weighted by atomic mass is 9.94. The van der Waals surface area contributed by atoms with Gasteiger partial charge in [-0.1, -0.05) is 19.9 Å². The van der Waals surface area contributed by atoms with Crippen LogP contribution < -0.4 is 0 Å². The Morgan fingerprint density at radius 3 is 2.33 bits per heavy atom. The highest BCUT2D eigenvalue weighted by Gasteiger charge is 2.15. The Morgan fingerprint density at radius 1 is 1.06 bits per heavy atom. The highest BCUT2D eigenvalue weighted by atomic mass is 15.3. The van der Waals surface area contributed by atoms with Gasteiger partial charge in [0, 0.05) is 11.9 Å². The highest BCUT2D eigenvalue weighted by Crippen LogP contribution is 2.27. The topological polar surface area (TPSA) is 30.7 Å². The molecule has 0 aliphatic heterocycles. The van der Waals surface area contributed by atoms with Crippen LogP contribution in [0, 0.1) is 13.8 Å². The molecule has 96 valence electrons. The van der Waals surface area contributed by atoms with Crippen molar-refractivity contribution in [2.45, 2.75) is 46.5 Å². The van der Waals surface area contributed by atoms with Gasteiger partial charge in [-0.05, 0) is 50.3 Å². The van der Waals surface area contributed by atoms with Crippen LogP contribution in [0.15, 0.2) is 24.4 Å². The Morgan fingerprint density at radius 2 is 1.78 bits per heavy atom. The van der Waals surface area contributed by atoms with Crippen LogP contribution in [0.2, 0.25) is 0 Å². The lowest BCUT2D eigenvalue weighted by Gasteiger charge is -2.17. The molecule has 2 heterocycles. The first-order valence-corrected chi connectivity index (χ1v) is 6.65. The third kappa shape index (κ3) is 2.45. The molecule has 3 nitrogen and oxygen atoms in total. The van der Waals surface area contributed by atoms with Gasteiger partial charge in [0.15, 0.2) is 5.82 Å². The monoisotopic (exact) mass is 243 g/mol. The minimum atomic E-state index is 0.553. The highest BCUT2D eigenvalue weighted by molar-refractivity contribution is 5.37. The standard InChI is InChI=1S/C15H21N3/c1-5-13(6-2)14-8-7-11(3)16-15(14)18-10-9-12(4)17-18/h7-10,13H,5-6H2,1-4H3. The summed E-state index contributed by atoms with van der Waals surface area (Å²) in [6.45, 7) is 8.48. The van der Waals surface area contributed by atoms with Gasteiger partial charge in [0.2, 0.25) is 0 Å². The van der Waals surface area contributed by atoms with Crippen molar-refractivity contribution in [3.63, 3.8) is 0 Å². The molecule has 0 saturated heterocycles. The minimum Gasteiger partial charge on any atom is -0.234 e. The van der Waals surface area contributed by atoms with Crippen LogP contribution in [0.4, 0.5) is 0 Å². The van der Waals surface area contributed by atoms with Gasteiger partial charge in [-0.2, -0.15) is 5.10 Å². The largest absolute Gasteiger partial charge is 0.234 e. The van der Waals surface area contributed by atoms with Crippen molar-refractivity contribution in [1.29, 1.82) is 0 Å². The second-order valence-electron chi connectivity index (χ2n) is 4.78. The molecule has 0 aliphatic rings. The van der Waals surface area contributed by atoms with Crippen LogP contribution in [0.1, 0.15) is 49.6 Å². The van der Waals surface area contributed by atoms with E-state index in [9.17, 15) is 0 Å². The molecule has 18 heavy (non-hydrogen) atoms. The van der Waals surface area contributed by atoms with Crippen LogP contribution in [-0.4, -0.2) is 14.8 Å². The first-order chi connectivity index (χ1) is 8.65. The van der Waals surface area contributed by atoms with Crippen LogP contribution in [0.25, 0.3) is 5.82 Å². The van der Waals surface area contributed by atoms with Crippen molar-refractivity contribution < 1.29 is 0 Å². The van der Waals surface area contributed by atoms with Crippen molar-refractivity contribution in [2.75, 3.05) is 0 Å². The fourth-order valence-electron chi connectivity index (χ4n) is 2.32. The molecule has 0 radical (unpaired) electrons. The summed E-state index contributed by atoms with van der Waals surface area (Å²) in [5, 5.41) is 4.49. The summed E-state index contributed by atoms with van der Waals surface area (Å²) < 4.78 is 1.90. The number of aromatic nitrogens is 3. The van der Waals surface area contributed by atoms with Gasteiger partial charge in [-0.15, -0.1) is 0 Å². The average Bonchev–Trinajstić information content (AvgIpc) is 2.79. The van der Waals surface area contributed by atoms with E-state index in [1.54, 1.807) is 0 Å². The summed E-state index contributed by atoms with van der Waals surface area (Å²) >= 11 is 0. The predicted octanol–water partition coefficient (Wildman–Crippen LogP) is 3.79. The number of rotatable bonds is 4. The minimum absolute atomic E-state index is 0.553. The normalized spacial score (nSPS) is 11.2. The van der Waals surface area contributed by atoms with Gasteiger partial charge in [-0.25, -0.2) is 9.67 Å². The molecule has 0 aromatic carbocycles. The van der Waals surface area contributed by atoms with Crippen molar-refractivity contribution >= 4 is 0 Å². The third-order valence-corrected chi connectivity index (χ3v) is 3.41. The Labute approximate surface area is 109 Å². The number of hydrogen-bond donors (Lipinski definition) is 0. The fourth-order valence-corrected chi connectivity index (χ4v) is 2.32. The molecule has 2 aromatic heterocycles. The Balaban J connectivity index is 2.53. The molecule has 0 bridgehead atoms. The van der Waals surface area contributed by atoms with Crippen LogP contribution in [-0.2, 0) is 0 Å². The molecule has 0 atom stereocenters. The van der Waals surface area contributed by atoms with E-state index >= 15 is 0 Å². The first kappa shape index (κ1) is 12.8. The second-order valence-corrected chi connectivity index (χ2v) is 4.78. The molecule has 0 N–H and O–H groups in total. The van der Waals surface area contributed by atoms with E-state index < -0.39 is 0 Å². The van der Waals surface area contributed by atoms with Gasteiger partial charge in [0.25, 0.3) is 0 Å². The van der Waals surface area contributed by atoms with E-state index in [0.29, 0.717) is 5.92 Å². The third-order valence-electron chi connectivity index (χ3n) is 3.41. The molecule has 0 fully saturated rings. The summed E-state index contributed by atoms with van der Waals surface area (Å²) in [6.07, 6.45) is 4.26. The van der Waals surface area contributed by atoms with E-state index in [-0.39, 0.29) is 0 Å². The van der Waals surface area contributed by atoms with Crippen molar-refractivity contribution in [3.8, 4) is 5.82 Å². The zero-order valence-electron chi connectivity index (χ0n) is 11.6. The van der Waals surface area contributed by atoms with Crippen LogP contribution in [0.3, 0.4) is 0 Å². The zero-order chi connectivity index (χ0) is 13.1. The quantitative estimate of drug-likeness (QED) is 0.818. The van der Waals surface area contributed by atoms with E-state index in [4.69, 9.17) is 0 Å². The van der Waals surface area contributed by atoms with Crippen molar-refractivity contribution in [2.24, 2.45) is 0 Å². The fraction of sp³-hybridized carbons (Fsp3) is 0.467. The lowest BCUT2D eigenvalue weighted by Crippen LogP contribution is -2.08. The van der Waals surface area contributed by atoms with E-state index in [1.165, 1.54) is 5.56 Å². The van der Waals surface area contributed by atoms with Gasteiger partial charge >= 0.3 is 0 Å². The number of nitrogens with zero attached hydrogens (tertiary/aromatic N) is 3. The summed E-state index contributed by atoms with van der Waals surface area (Å²) in [5.74, 6) is 1.54. The first-order valence-electron chi connectivity index (χ1n) is 6.65.